The minimum atomic E-state index is -1.75. The Hall–Kier alpha value is -1.39. The van der Waals surface area contributed by atoms with Crippen LogP contribution in [0.25, 0.3) is 0 Å². The van der Waals surface area contributed by atoms with Gasteiger partial charge in [0.15, 0.2) is 0 Å². The third-order valence-corrected chi connectivity index (χ3v) is 1.86. The van der Waals surface area contributed by atoms with Crippen molar-refractivity contribution < 1.29 is 7.66 Å². The lowest BCUT2D eigenvalue weighted by atomic mass is 10.1. The Morgan fingerprint density at radius 3 is 2.60 bits per heavy atom. The average Bonchev–Trinajstić information content (AvgIpc) is 2.61. The van der Waals surface area contributed by atoms with Crippen LogP contribution in [0.3, 0.4) is 0 Å². The van der Waals surface area contributed by atoms with Gasteiger partial charge in [-0.3, -0.25) is 0 Å². The van der Waals surface area contributed by atoms with Crippen molar-refractivity contribution in [2.75, 3.05) is 0 Å². The van der Waals surface area contributed by atoms with E-state index in [9.17, 15) is 10.1 Å². The first-order valence-electron chi connectivity index (χ1n) is 5.92. The third kappa shape index (κ3) is 2.78. The topological polar surface area (TPSA) is 61.0 Å². The number of rotatable bonds is 4. The first kappa shape index (κ1) is 8.88. The molecule has 0 atom stereocenters. The highest BCUT2D eigenvalue weighted by Gasteiger charge is 2.22. The molecule has 15 heavy (non-hydrogen) atoms. The lowest BCUT2D eigenvalue weighted by Crippen LogP contribution is -2.01. The molecule has 1 rings (SSSR count). The van der Waals surface area contributed by atoms with Crippen molar-refractivity contribution in [1.29, 1.82) is 0 Å². The van der Waals surface area contributed by atoms with E-state index in [1.165, 1.54) is 10.9 Å². The molecule has 0 aliphatic rings. The summed E-state index contributed by atoms with van der Waals surface area (Å²) in [4.78, 5) is 10.3. The second-order valence-corrected chi connectivity index (χ2v) is 4.00. The maximum atomic E-state index is 10.9. The predicted molar refractivity (Wildman–Crippen MR) is 57.8 cm³/mol. The summed E-state index contributed by atoms with van der Waals surface area (Å²) in [5.74, 6) is -0.747. The van der Waals surface area contributed by atoms with Gasteiger partial charge in [0.1, 0.15) is 0 Å². The van der Waals surface area contributed by atoms with E-state index in [-0.39, 0.29) is 17.5 Å². The van der Waals surface area contributed by atoms with Gasteiger partial charge in [-0.05, 0) is 31.1 Å². The second-order valence-electron chi connectivity index (χ2n) is 4.00. The molecule has 84 valence electrons. The molecular formula is C10H17N3O2. The summed E-state index contributed by atoms with van der Waals surface area (Å²) in [6, 6.07) is -0.0367. The monoisotopic (exact) mass is 213 g/mol. The molecule has 5 heteroatoms. The largest absolute Gasteiger partial charge is 0.393 e. The molecular weight excluding hydrogens is 194 g/mol. The average molecular weight is 213 g/mol. The number of nitro groups is 1. The Labute approximate surface area is 92.1 Å². The van der Waals surface area contributed by atoms with E-state index in [0.717, 1.165) is 0 Å². The first-order chi connectivity index (χ1) is 7.67. The Morgan fingerprint density at radius 2 is 2.20 bits per heavy atom. The number of nitrogens with zero attached hydrogens (tertiary/aromatic N) is 3. The molecule has 0 fully saturated rings. The lowest BCUT2D eigenvalue weighted by molar-refractivity contribution is -0.390. The molecule has 0 aliphatic carbocycles. The van der Waals surface area contributed by atoms with Gasteiger partial charge in [0.2, 0.25) is 0 Å². The fourth-order valence-corrected chi connectivity index (χ4v) is 1.19. The Balaban J connectivity index is 3.36. The normalized spacial score (nSPS) is 14.3. The van der Waals surface area contributed by atoms with Gasteiger partial charge in [-0.1, -0.05) is 13.8 Å². The molecule has 0 bridgehead atoms. The summed E-state index contributed by atoms with van der Waals surface area (Å²) in [6.07, 6.45) is -0.321. The second kappa shape index (κ2) is 4.42. The molecule has 0 spiro atoms. The van der Waals surface area contributed by atoms with Crippen molar-refractivity contribution in [3.8, 4) is 0 Å². The van der Waals surface area contributed by atoms with Crippen molar-refractivity contribution in [2.45, 2.75) is 40.1 Å². The standard InChI is InChI=1S/C10H17N3O2/c1-7(2)5-9-6-12(8(3)4)11-10(9)13(14)15/h6-8H,5H2,1-4H3/i5D2. The van der Waals surface area contributed by atoms with E-state index in [4.69, 9.17) is 2.74 Å². The Bertz CT molecular complexity index is 427. The highest BCUT2D eigenvalue weighted by Crippen LogP contribution is 2.21. The highest BCUT2D eigenvalue weighted by molar-refractivity contribution is 5.30. The molecule has 0 unspecified atom stereocenters. The van der Waals surface area contributed by atoms with Gasteiger partial charge in [-0.25, -0.2) is 0 Å². The van der Waals surface area contributed by atoms with E-state index < -0.39 is 17.1 Å². The minimum Gasteiger partial charge on any atom is -0.358 e. The van der Waals surface area contributed by atoms with Crippen LogP contribution in [0.15, 0.2) is 6.20 Å². The maximum absolute atomic E-state index is 10.9. The Kier molecular flexibility index (Phi) is 2.62. The van der Waals surface area contributed by atoms with Crippen LogP contribution in [0, 0.1) is 16.0 Å². The fourth-order valence-electron chi connectivity index (χ4n) is 1.19. The molecule has 1 heterocycles. The molecule has 0 amide bonds. The maximum Gasteiger partial charge on any atom is 0.393 e. The third-order valence-electron chi connectivity index (χ3n) is 1.86. The van der Waals surface area contributed by atoms with Gasteiger partial charge in [-0.2, -0.15) is 4.68 Å². The van der Waals surface area contributed by atoms with Crippen LogP contribution in [0.5, 0.6) is 0 Å². The van der Waals surface area contributed by atoms with E-state index in [0.29, 0.717) is 0 Å². The molecule has 0 radical (unpaired) electrons. The summed E-state index contributed by atoms with van der Waals surface area (Å²) in [5.41, 5.74) is 0.0474. The summed E-state index contributed by atoms with van der Waals surface area (Å²) in [7, 11) is 0. The molecule has 0 saturated carbocycles. The van der Waals surface area contributed by atoms with Crippen LogP contribution in [-0.2, 0) is 6.37 Å². The smallest absolute Gasteiger partial charge is 0.358 e. The predicted octanol–water partition coefficient (Wildman–Crippen LogP) is 2.57. The fraction of sp³-hybridized carbons (Fsp3) is 0.700. The Morgan fingerprint density at radius 1 is 1.60 bits per heavy atom. The van der Waals surface area contributed by atoms with Crippen molar-refractivity contribution in [1.82, 2.24) is 9.78 Å². The van der Waals surface area contributed by atoms with Gasteiger partial charge in [0, 0.05) is 2.74 Å². The summed E-state index contributed by atoms with van der Waals surface area (Å²) in [6.45, 7) is 7.06. The van der Waals surface area contributed by atoms with Crippen molar-refractivity contribution in [2.24, 2.45) is 5.92 Å². The van der Waals surface area contributed by atoms with E-state index >= 15 is 0 Å². The summed E-state index contributed by atoms with van der Waals surface area (Å²) >= 11 is 0. The van der Waals surface area contributed by atoms with Crippen LogP contribution in [0.1, 0.15) is 42.0 Å². The van der Waals surface area contributed by atoms with E-state index in [1.54, 1.807) is 13.8 Å². The summed E-state index contributed by atoms with van der Waals surface area (Å²) < 4.78 is 17.3. The van der Waals surface area contributed by atoms with Crippen LogP contribution >= 0.6 is 0 Å². The quantitative estimate of drug-likeness (QED) is 0.570. The lowest BCUT2D eigenvalue weighted by Gasteiger charge is -2.00. The molecule has 0 aliphatic heterocycles. The SMILES string of the molecule is [2H]C([2H])(c1cn(C(C)C)nc1[N+](=O)[O-])C(C)C. The molecule has 5 nitrogen and oxygen atoms in total. The van der Waals surface area contributed by atoms with Crippen molar-refractivity contribution >= 4 is 5.82 Å². The van der Waals surface area contributed by atoms with Crippen molar-refractivity contribution in [3.63, 3.8) is 0 Å². The van der Waals surface area contributed by atoms with Crippen LogP contribution in [0.2, 0.25) is 0 Å². The highest BCUT2D eigenvalue weighted by atomic mass is 16.6. The van der Waals surface area contributed by atoms with Gasteiger partial charge >= 0.3 is 5.82 Å². The zero-order valence-corrected chi connectivity index (χ0v) is 9.39. The van der Waals surface area contributed by atoms with Crippen LogP contribution < -0.4 is 0 Å². The number of hydrogen-bond donors (Lipinski definition) is 0. The van der Waals surface area contributed by atoms with Crippen LogP contribution in [0.4, 0.5) is 5.82 Å². The molecule has 1 aromatic heterocycles. The minimum absolute atomic E-state index is 0.0367. The van der Waals surface area contributed by atoms with Crippen molar-refractivity contribution in [3.05, 3.63) is 21.9 Å². The van der Waals surface area contributed by atoms with Gasteiger partial charge in [-0.15, -0.1) is 0 Å². The summed E-state index contributed by atoms with van der Waals surface area (Å²) in [5, 5.41) is 14.7. The van der Waals surface area contributed by atoms with Crippen LogP contribution in [-0.4, -0.2) is 14.7 Å². The van der Waals surface area contributed by atoms with Gasteiger partial charge in [0.05, 0.1) is 22.9 Å². The molecule has 0 N–H and O–H groups in total. The van der Waals surface area contributed by atoms with E-state index in [2.05, 4.69) is 5.10 Å². The zero-order valence-electron chi connectivity index (χ0n) is 11.4. The molecule has 0 saturated heterocycles. The van der Waals surface area contributed by atoms with Gasteiger partial charge < -0.3 is 10.1 Å². The first-order valence-corrected chi connectivity index (χ1v) is 4.92. The molecule has 0 aromatic carbocycles. The number of hydrogen-bond acceptors (Lipinski definition) is 3. The molecule has 1 aromatic rings. The van der Waals surface area contributed by atoms with E-state index in [1.807, 2.05) is 13.8 Å². The zero-order chi connectivity index (χ0) is 13.4. The number of aromatic nitrogens is 2. The van der Waals surface area contributed by atoms with Gasteiger partial charge in [0.25, 0.3) is 0 Å².